The average molecular weight is 958 g/mol. The van der Waals surface area contributed by atoms with E-state index in [4.69, 9.17) is 15.0 Å². The van der Waals surface area contributed by atoms with Gasteiger partial charge < -0.3 is 18.3 Å². The first-order valence-electron chi connectivity index (χ1n) is 25.1. The molecule has 0 amide bonds. The summed E-state index contributed by atoms with van der Waals surface area (Å²) in [4.78, 5) is 15.3. The zero-order valence-electron chi connectivity index (χ0n) is 40.0. The number of nitriles is 1. The predicted octanol–water partition coefficient (Wildman–Crippen LogP) is 15.7. The molecule has 7 aromatic heterocycles. The van der Waals surface area contributed by atoms with E-state index in [-0.39, 0.29) is 0 Å². The lowest BCUT2D eigenvalue weighted by Crippen LogP contribution is -2.17. The predicted molar refractivity (Wildman–Crippen MR) is 304 cm³/mol. The summed E-state index contributed by atoms with van der Waals surface area (Å²) in [6, 6.07) is 77.5. The van der Waals surface area contributed by atoms with Crippen molar-refractivity contribution in [2.45, 2.75) is 0 Å². The van der Waals surface area contributed by atoms with Gasteiger partial charge in [-0.3, -0.25) is 14.5 Å². The molecule has 0 aliphatic heterocycles. The van der Waals surface area contributed by atoms with Crippen LogP contribution in [0.25, 0.3) is 138 Å². The molecule has 0 atom stereocenters. The fourth-order valence-electron chi connectivity index (χ4n) is 12.4. The Morgan fingerprint density at radius 1 is 0.307 bits per heavy atom. The van der Waals surface area contributed by atoms with E-state index in [0.717, 1.165) is 121 Å². The van der Waals surface area contributed by atoms with Gasteiger partial charge in [-0.05, 0) is 72.8 Å². The van der Waals surface area contributed by atoms with Crippen LogP contribution >= 0.6 is 0 Å². The molecular formula is C66H39N9. The van der Waals surface area contributed by atoms with Crippen molar-refractivity contribution < 1.29 is 0 Å². The Hall–Kier alpha value is -10.6. The van der Waals surface area contributed by atoms with Crippen molar-refractivity contribution in [3.63, 3.8) is 0 Å². The minimum atomic E-state index is 0.451. The van der Waals surface area contributed by atoms with Crippen molar-refractivity contribution in [2.24, 2.45) is 0 Å². The molecular weight excluding hydrogens is 919 g/mol. The Bertz CT molecular complexity index is 4880. The van der Waals surface area contributed by atoms with Gasteiger partial charge in [-0.25, -0.2) is 4.98 Å². The molecule has 9 heteroatoms. The van der Waals surface area contributed by atoms with E-state index in [1.165, 1.54) is 0 Å². The van der Waals surface area contributed by atoms with Gasteiger partial charge in [0, 0.05) is 73.6 Å². The number of nitrogens with zero attached hydrogens (tertiary/aromatic N) is 9. The van der Waals surface area contributed by atoms with Gasteiger partial charge >= 0.3 is 0 Å². The second-order valence-electron chi connectivity index (χ2n) is 19.1. The molecule has 0 aliphatic carbocycles. The fraction of sp³-hybridized carbons (Fsp3) is 0. The highest BCUT2D eigenvalue weighted by molar-refractivity contribution is 6.17. The van der Waals surface area contributed by atoms with Gasteiger partial charge in [0.1, 0.15) is 11.9 Å². The Balaban J connectivity index is 1.30. The fourth-order valence-corrected chi connectivity index (χ4v) is 12.4. The largest absolute Gasteiger partial charge is 0.306 e. The Kier molecular flexibility index (Phi) is 8.61. The van der Waals surface area contributed by atoms with Crippen molar-refractivity contribution in [3.05, 3.63) is 243 Å². The quantitative estimate of drug-likeness (QED) is 0.166. The third kappa shape index (κ3) is 5.62. The van der Waals surface area contributed by atoms with Gasteiger partial charge in [-0.15, -0.1) is 0 Å². The number of aromatic nitrogens is 8. The highest BCUT2D eigenvalue weighted by Gasteiger charge is 2.37. The molecule has 348 valence electrons. The van der Waals surface area contributed by atoms with Gasteiger partial charge in [-0.2, -0.15) is 5.26 Å². The van der Waals surface area contributed by atoms with Gasteiger partial charge in [0.05, 0.1) is 89.0 Å². The van der Waals surface area contributed by atoms with Crippen LogP contribution in [0.2, 0.25) is 0 Å². The second kappa shape index (κ2) is 15.7. The topological polar surface area (TPSA) is 87.1 Å². The minimum Gasteiger partial charge on any atom is -0.306 e. The van der Waals surface area contributed by atoms with Crippen LogP contribution in [0.3, 0.4) is 0 Å². The zero-order chi connectivity index (χ0) is 49.3. The lowest BCUT2D eigenvalue weighted by Gasteiger charge is -2.29. The number of hydrogen-bond acceptors (Lipinski definition) is 4. The van der Waals surface area contributed by atoms with Crippen LogP contribution in [-0.2, 0) is 0 Å². The molecule has 16 rings (SSSR count). The monoisotopic (exact) mass is 957 g/mol. The van der Waals surface area contributed by atoms with Crippen LogP contribution in [0.15, 0.2) is 237 Å². The van der Waals surface area contributed by atoms with E-state index < -0.39 is 0 Å². The van der Waals surface area contributed by atoms with Crippen LogP contribution in [0.1, 0.15) is 5.56 Å². The molecule has 0 spiro atoms. The first-order chi connectivity index (χ1) is 37.3. The highest BCUT2D eigenvalue weighted by atomic mass is 15.2. The number of fused-ring (bicyclic) bond motifs is 13. The molecule has 16 aromatic rings. The molecule has 0 fully saturated rings. The molecule has 0 saturated carbocycles. The molecule has 9 aromatic carbocycles. The van der Waals surface area contributed by atoms with Crippen LogP contribution in [0, 0.1) is 11.3 Å². The first-order valence-corrected chi connectivity index (χ1v) is 25.1. The number of para-hydroxylation sites is 9. The number of benzene rings is 9. The molecule has 0 bridgehead atoms. The zero-order valence-corrected chi connectivity index (χ0v) is 40.0. The summed E-state index contributed by atoms with van der Waals surface area (Å²) in [7, 11) is 0. The Morgan fingerprint density at radius 2 is 0.653 bits per heavy atom. The SMILES string of the molecule is N#Cc1c(-c2nc3ccccc3n2-c2ccccc2)c(-n2c3ccccc3c3ccccc32)c(-n2c3ccccc3c3cnccc32)c(-n2c3ccccc3c3cnccc32)c1-n1c2ccccc2c2ccccc21. The molecule has 0 aliphatic rings. The molecule has 9 nitrogen and oxygen atoms in total. The lowest BCUT2D eigenvalue weighted by molar-refractivity contribution is 1.01. The maximum absolute atomic E-state index is 12.9. The summed E-state index contributed by atoms with van der Waals surface area (Å²) in [5, 5.41) is 21.3. The first kappa shape index (κ1) is 41.1. The summed E-state index contributed by atoms with van der Waals surface area (Å²) in [5.41, 5.74) is 14.6. The average Bonchev–Trinajstić information content (AvgIpc) is 4.29. The van der Waals surface area contributed by atoms with E-state index in [2.05, 4.69) is 229 Å². The maximum atomic E-state index is 12.9. The summed E-state index contributed by atoms with van der Waals surface area (Å²) in [6.45, 7) is 0. The molecule has 0 saturated heterocycles. The highest BCUT2D eigenvalue weighted by Crippen LogP contribution is 2.52. The molecule has 0 radical (unpaired) electrons. The molecule has 75 heavy (non-hydrogen) atoms. The summed E-state index contributed by atoms with van der Waals surface area (Å²) in [6.07, 6.45) is 7.71. The van der Waals surface area contributed by atoms with Gasteiger partial charge in [-0.1, -0.05) is 140 Å². The smallest absolute Gasteiger partial charge is 0.149 e. The van der Waals surface area contributed by atoms with Crippen LogP contribution in [0.4, 0.5) is 0 Å². The minimum absolute atomic E-state index is 0.451. The summed E-state index contributed by atoms with van der Waals surface area (Å²) >= 11 is 0. The van der Waals surface area contributed by atoms with Crippen LogP contribution in [-0.4, -0.2) is 37.8 Å². The summed E-state index contributed by atoms with van der Waals surface area (Å²) in [5.74, 6) is 0.625. The van der Waals surface area contributed by atoms with E-state index in [1.54, 1.807) is 0 Å². The van der Waals surface area contributed by atoms with E-state index in [9.17, 15) is 5.26 Å². The standard InChI is InChI=1S/C66H39N9/c67-38-48-61(66-70-51-26-10-17-33-60(51)71(66)41-18-2-1-3-19-41)63(73-54-29-13-6-22-44(54)45-23-7-14-30-55(45)73)65(75-57-32-16-9-25-47(57)50-40-69-37-35-59(50)75)64(74-56-31-15-8-24-46(56)49-39-68-36-34-58(49)74)62(48)72-52-27-11-4-20-42(52)43-21-5-12-28-53(43)72/h1-37,39-40H. The van der Waals surface area contributed by atoms with E-state index in [0.29, 0.717) is 22.6 Å². The number of imidazole rings is 1. The third-order valence-corrected chi connectivity index (χ3v) is 15.3. The van der Waals surface area contributed by atoms with Crippen molar-refractivity contribution in [1.82, 2.24) is 37.8 Å². The van der Waals surface area contributed by atoms with Gasteiger partial charge in [0.25, 0.3) is 0 Å². The van der Waals surface area contributed by atoms with Crippen molar-refractivity contribution >= 4 is 98.3 Å². The Labute approximate surface area is 427 Å². The van der Waals surface area contributed by atoms with Crippen LogP contribution < -0.4 is 0 Å². The van der Waals surface area contributed by atoms with Crippen molar-refractivity contribution in [1.29, 1.82) is 5.26 Å². The maximum Gasteiger partial charge on any atom is 0.149 e. The third-order valence-electron chi connectivity index (χ3n) is 15.3. The van der Waals surface area contributed by atoms with Crippen molar-refractivity contribution in [2.75, 3.05) is 0 Å². The lowest BCUT2D eigenvalue weighted by atomic mass is 9.96. The second-order valence-corrected chi connectivity index (χ2v) is 19.1. The number of rotatable bonds is 6. The number of pyridine rings is 2. The molecule has 0 N–H and O–H groups in total. The van der Waals surface area contributed by atoms with Gasteiger partial charge in [0.2, 0.25) is 0 Å². The molecule has 7 heterocycles. The molecule has 0 unspecified atom stereocenters. The normalized spacial score (nSPS) is 12.0. The van der Waals surface area contributed by atoms with Gasteiger partial charge in [0.15, 0.2) is 0 Å². The number of hydrogen-bond donors (Lipinski definition) is 0. The van der Waals surface area contributed by atoms with Crippen molar-refractivity contribution in [3.8, 4) is 45.9 Å². The van der Waals surface area contributed by atoms with E-state index in [1.807, 2.05) is 36.9 Å². The summed E-state index contributed by atoms with van der Waals surface area (Å²) < 4.78 is 11.8. The van der Waals surface area contributed by atoms with E-state index >= 15 is 0 Å². The Morgan fingerprint density at radius 3 is 1.11 bits per heavy atom. The van der Waals surface area contributed by atoms with Crippen LogP contribution in [0.5, 0.6) is 0 Å².